The molecule has 4 heteroatoms. The van der Waals surface area contributed by atoms with Gasteiger partial charge in [0.15, 0.2) is 5.96 Å². The third-order valence-corrected chi connectivity index (χ3v) is 5.10. The number of piperidine rings is 1. The Kier molecular flexibility index (Phi) is 6.07. The summed E-state index contributed by atoms with van der Waals surface area (Å²) in [5.74, 6) is 1.03. The molecule has 2 heterocycles. The highest BCUT2D eigenvalue weighted by Crippen LogP contribution is 2.19. The number of likely N-dealkylation sites (tertiary alicyclic amines) is 1. The number of hydrogen-bond acceptors (Lipinski definition) is 2. The summed E-state index contributed by atoms with van der Waals surface area (Å²) in [6, 6.07) is 12.8. The average Bonchev–Trinajstić information content (AvgIpc) is 3.14. The molecule has 2 aromatic rings. The maximum Gasteiger partial charge on any atom is 0.193 e. The standard InChI is InChI=1S/C20H25N3S/c1-21-20(22-11-7-19-10-14-24-16-19)23-12-8-18(9-13-23)15-17-5-3-2-4-6-17/h2-6,10,14-16H,7-9,11-13H2,1H3,(H,21,22). The molecule has 3 rings (SSSR count). The number of hydrogen-bond donors (Lipinski definition) is 1. The summed E-state index contributed by atoms with van der Waals surface area (Å²) in [7, 11) is 1.88. The Hall–Kier alpha value is -2.07. The molecule has 24 heavy (non-hydrogen) atoms. The second-order valence-corrected chi connectivity index (χ2v) is 6.84. The normalized spacial score (nSPS) is 15.5. The van der Waals surface area contributed by atoms with Crippen molar-refractivity contribution in [2.24, 2.45) is 4.99 Å². The van der Waals surface area contributed by atoms with Gasteiger partial charge in [-0.25, -0.2) is 0 Å². The maximum atomic E-state index is 4.45. The molecule has 0 unspecified atom stereocenters. The monoisotopic (exact) mass is 339 g/mol. The average molecular weight is 340 g/mol. The molecule has 1 N–H and O–H groups in total. The number of rotatable bonds is 4. The number of nitrogens with zero attached hydrogens (tertiary/aromatic N) is 2. The van der Waals surface area contributed by atoms with Gasteiger partial charge in [0.2, 0.25) is 0 Å². The molecular weight excluding hydrogens is 314 g/mol. The lowest BCUT2D eigenvalue weighted by Crippen LogP contribution is -2.45. The summed E-state index contributed by atoms with van der Waals surface area (Å²) in [4.78, 5) is 6.83. The second-order valence-electron chi connectivity index (χ2n) is 6.06. The van der Waals surface area contributed by atoms with Gasteiger partial charge in [-0.3, -0.25) is 4.99 Å². The Morgan fingerprint density at radius 1 is 1.21 bits per heavy atom. The molecule has 3 nitrogen and oxygen atoms in total. The first-order valence-electron chi connectivity index (χ1n) is 8.56. The van der Waals surface area contributed by atoms with Gasteiger partial charge in [-0.2, -0.15) is 11.3 Å². The van der Waals surface area contributed by atoms with E-state index in [9.17, 15) is 0 Å². The zero-order chi connectivity index (χ0) is 16.6. The molecule has 0 saturated carbocycles. The van der Waals surface area contributed by atoms with Crippen LogP contribution in [-0.2, 0) is 6.42 Å². The van der Waals surface area contributed by atoms with Crippen molar-refractivity contribution in [1.29, 1.82) is 0 Å². The van der Waals surface area contributed by atoms with Gasteiger partial charge in [0, 0.05) is 26.7 Å². The zero-order valence-corrected chi connectivity index (χ0v) is 15.1. The summed E-state index contributed by atoms with van der Waals surface area (Å²) in [5, 5.41) is 7.85. The van der Waals surface area contributed by atoms with E-state index in [0.717, 1.165) is 44.9 Å². The number of nitrogens with one attached hydrogen (secondary N) is 1. The van der Waals surface area contributed by atoms with Gasteiger partial charge in [0.1, 0.15) is 0 Å². The van der Waals surface area contributed by atoms with Crippen LogP contribution in [0.25, 0.3) is 6.08 Å². The minimum Gasteiger partial charge on any atom is -0.356 e. The highest BCUT2D eigenvalue weighted by molar-refractivity contribution is 7.07. The summed E-state index contributed by atoms with van der Waals surface area (Å²) in [6.07, 6.45) is 5.61. The van der Waals surface area contributed by atoms with Crippen molar-refractivity contribution < 1.29 is 0 Å². The lowest BCUT2D eigenvalue weighted by molar-refractivity contribution is 0.376. The van der Waals surface area contributed by atoms with Crippen LogP contribution in [0.15, 0.2) is 57.7 Å². The van der Waals surface area contributed by atoms with Crippen molar-refractivity contribution in [3.8, 4) is 0 Å². The van der Waals surface area contributed by atoms with Crippen LogP contribution in [0.2, 0.25) is 0 Å². The van der Waals surface area contributed by atoms with Crippen LogP contribution >= 0.6 is 11.3 Å². The van der Waals surface area contributed by atoms with Gasteiger partial charge >= 0.3 is 0 Å². The lowest BCUT2D eigenvalue weighted by atomic mass is 10.0. The third kappa shape index (κ3) is 4.71. The van der Waals surface area contributed by atoms with E-state index < -0.39 is 0 Å². The molecule has 1 aliphatic heterocycles. The Morgan fingerprint density at radius 3 is 2.67 bits per heavy atom. The van der Waals surface area contributed by atoms with Crippen molar-refractivity contribution in [3.05, 3.63) is 63.9 Å². The number of thiophene rings is 1. The van der Waals surface area contributed by atoms with E-state index in [4.69, 9.17) is 0 Å². The quantitative estimate of drug-likeness (QED) is 0.672. The van der Waals surface area contributed by atoms with E-state index in [0.29, 0.717) is 0 Å². The van der Waals surface area contributed by atoms with Crippen molar-refractivity contribution in [2.45, 2.75) is 19.3 Å². The maximum absolute atomic E-state index is 4.45. The summed E-state index contributed by atoms with van der Waals surface area (Å²) >= 11 is 1.76. The van der Waals surface area contributed by atoms with E-state index in [1.807, 2.05) is 7.05 Å². The highest BCUT2D eigenvalue weighted by atomic mass is 32.1. The predicted octanol–water partition coefficient (Wildman–Crippen LogP) is 4.05. The second kappa shape index (κ2) is 8.69. The number of benzene rings is 1. The fourth-order valence-corrected chi connectivity index (χ4v) is 3.72. The van der Waals surface area contributed by atoms with Crippen LogP contribution in [0, 0.1) is 0 Å². The molecule has 0 aliphatic carbocycles. The van der Waals surface area contributed by atoms with Gasteiger partial charge < -0.3 is 10.2 Å². The molecule has 126 valence electrons. The highest BCUT2D eigenvalue weighted by Gasteiger charge is 2.16. The Balaban J connectivity index is 1.48. The molecule has 0 spiro atoms. The van der Waals surface area contributed by atoms with Crippen molar-refractivity contribution in [3.63, 3.8) is 0 Å². The first-order chi connectivity index (χ1) is 11.8. The molecule has 1 fully saturated rings. The van der Waals surface area contributed by atoms with E-state index >= 15 is 0 Å². The molecule has 1 aromatic carbocycles. The minimum absolute atomic E-state index is 0.937. The SMILES string of the molecule is CN=C(NCCc1ccsc1)N1CCC(=Cc2ccccc2)CC1. The van der Waals surface area contributed by atoms with Gasteiger partial charge in [0.05, 0.1) is 0 Å². The molecular formula is C20H25N3S. The number of aliphatic imine (C=N–C) groups is 1. The van der Waals surface area contributed by atoms with E-state index in [-0.39, 0.29) is 0 Å². The number of guanidine groups is 1. The van der Waals surface area contributed by atoms with Crippen molar-refractivity contribution in [2.75, 3.05) is 26.7 Å². The molecule has 0 bridgehead atoms. The fraction of sp³-hybridized carbons (Fsp3) is 0.350. The smallest absolute Gasteiger partial charge is 0.193 e. The van der Waals surface area contributed by atoms with Gasteiger partial charge in [-0.05, 0) is 47.2 Å². The Morgan fingerprint density at radius 2 is 2.00 bits per heavy atom. The van der Waals surface area contributed by atoms with Crippen LogP contribution in [0.1, 0.15) is 24.0 Å². The molecule has 0 atom stereocenters. The first kappa shape index (κ1) is 16.8. The van der Waals surface area contributed by atoms with Crippen molar-refractivity contribution in [1.82, 2.24) is 10.2 Å². The Bertz CT molecular complexity index is 664. The van der Waals surface area contributed by atoms with E-state index in [1.54, 1.807) is 11.3 Å². The van der Waals surface area contributed by atoms with E-state index in [1.165, 1.54) is 16.7 Å². The summed E-state index contributed by atoms with van der Waals surface area (Å²) in [6.45, 7) is 3.01. The van der Waals surface area contributed by atoms with Gasteiger partial charge in [0.25, 0.3) is 0 Å². The van der Waals surface area contributed by atoms with Crippen LogP contribution < -0.4 is 5.32 Å². The molecule has 0 amide bonds. The molecule has 1 aromatic heterocycles. The third-order valence-electron chi connectivity index (χ3n) is 4.36. The van der Waals surface area contributed by atoms with Crippen LogP contribution in [-0.4, -0.2) is 37.5 Å². The van der Waals surface area contributed by atoms with E-state index in [2.05, 4.69) is 68.4 Å². The predicted molar refractivity (Wildman–Crippen MR) is 105 cm³/mol. The molecule has 1 aliphatic rings. The van der Waals surface area contributed by atoms with Gasteiger partial charge in [-0.1, -0.05) is 42.0 Å². The molecule has 0 radical (unpaired) electrons. The first-order valence-corrected chi connectivity index (χ1v) is 9.50. The lowest BCUT2D eigenvalue weighted by Gasteiger charge is -2.31. The Labute approximate surface area is 148 Å². The van der Waals surface area contributed by atoms with Gasteiger partial charge in [-0.15, -0.1) is 0 Å². The molecule has 1 saturated heterocycles. The fourth-order valence-electron chi connectivity index (χ4n) is 3.02. The largest absolute Gasteiger partial charge is 0.356 e. The topological polar surface area (TPSA) is 27.6 Å². The van der Waals surface area contributed by atoms with Crippen LogP contribution in [0.3, 0.4) is 0 Å². The zero-order valence-electron chi connectivity index (χ0n) is 14.2. The van der Waals surface area contributed by atoms with Crippen LogP contribution in [0.4, 0.5) is 0 Å². The van der Waals surface area contributed by atoms with Crippen LogP contribution in [0.5, 0.6) is 0 Å². The minimum atomic E-state index is 0.937. The van der Waals surface area contributed by atoms with Crippen molar-refractivity contribution >= 4 is 23.4 Å². The summed E-state index contributed by atoms with van der Waals surface area (Å²) in [5.41, 5.74) is 4.24. The summed E-state index contributed by atoms with van der Waals surface area (Å²) < 4.78 is 0.